The molecule has 0 saturated carbocycles. The second-order valence-corrected chi connectivity index (χ2v) is 16.8. The molecule has 0 atom stereocenters. The molecule has 0 unspecified atom stereocenters. The monoisotopic (exact) mass is 752 g/mol. The number of hydrogen-bond acceptors (Lipinski definition) is 7. The van der Waals surface area contributed by atoms with Crippen LogP contribution in [0.25, 0.3) is 0 Å². The van der Waals surface area contributed by atoms with Gasteiger partial charge in [-0.15, -0.1) is 11.3 Å². The van der Waals surface area contributed by atoms with Crippen LogP contribution in [-0.4, -0.2) is 42.0 Å². The maximum Gasteiger partial charge on any atom is 0.460 e. The SMILES string of the molecule is CC(=O)c1ccc(Sc2ccc([S+](c3ccc(C)cc3)c3ccc(C)cc3)s2)s1.O=S(=O)([O-])C(F)(F)C(F)(F)C(F)(F)C(F)(F)F. The van der Waals surface area contributed by atoms with Gasteiger partial charge in [-0.25, -0.2) is 8.42 Å². The lowest BCUT2D eigenvalue weighted by molar-refractivity contribution is -0.382. The molecule has 46 heavy (non-hydrogen) atoms. The van der Waals surface area contributed by atoms with Gasteiger partial charge in [-0.2, -0.15) is 39.5 Å². The Hall–Kier alpha value is -2.51. The molecule has 0 aliphatic heterocycles. The number of benzene rings is 2. The van der Waals surface area contributed by atoms with Crippen LogP contribution in [0.2, 0.25) is 0 Å². The van der Waals surface area contributed by atoms with Crippen LogP contribution in [-0.2, 0) is 21.0 Å². The van der Waals surface area contributed by atoms with Gasteiger partial charge < -0.3 is 4.55 Å². The standard InChI is InChI=1S/C24H21OS4.C4HF9O3S/c1-16-4-8-19(9-5-16)29(20-10-6-17(2)7-11-20)24-15-14-23(28-24)27-22-13-12-21(26-22)18(3)25;5-1(6,3(9,10)11)2(7,8)4(12,13)17(14,15)16/h4-15H,1-3H3;(H,14,15,16)/q+1;/p-1. The number of Topliss-reactive ketones (excluding diaryl/α,β-unsaturated/α-hetero) is 1. The van der Waals surface area contributed by atoms with E-state index in [-0.39, 0.29) is 16.7 Å². The normalized spacial score (nSPS) is 13.0. The number of thiophene rings is 2. The lowest BCUT2D eigenvalue weighted by Gasteiger charge is -2.34. The molecule has 0 N–H and O–H groups in total. The Kier molecular flexibility index (Phi) is 11.5. The van der Waals surface area contributed by atoms with Crippen LogP contribution < -0.4 is 0 Å². The molecule has 0 aliphatic carbocycles. The molecule has 0 saturated heterocycles. The Morgan fingerprint density at radius 2 is 1.13 bits per heavy atom. The third-order valence-electron chi connectivity index (χ3n) is 5.83. The van der Waals surface area contributed by atoms with Gasteiger partial charge in [-0.3, -0.25) is 4.79 Å². The van der Waals surface area contributed by atoms with Crippen LogP contribution in [0, 0.1) is 13.8 Å². The average Bonchev–Trinajstić information content (AvgIpc) is 3.60. The summed E-state index contributed by atoms with van der Waals surface area (Å²) in [7, 11) is -7.53. The summed E-state index contributed by atoms with van der Waals surface area (Å²) >= 11 is 5.17. The number of rotatable bonds is 9. The van der Waals surface area contributed by atoms with E-state index in [4.69, 9.17) is 0 Å². The first-order valence-electron chi connectivity index (χ1n) is 12.4. The van der Waals surface area contributed by atoms with Crippen molar-refractivity contribution >= 4 is 61.2 Å². The summed E-state index contributed by atoms with van der Waals surface area (Å²) in [4.78, 5) is 15.1. The number of alkyl halides is 9. The van der Waals surface area contributed by atoms with Crippen molar-refractivity contribution in [2.75, 3.05) is 0 Å². The molecule has 0 bridgehead atoms. The van der Waals surface area contributed by atoms with E-state index in [1.54, 1.807) is 30.0 Å². The number of aryl methyl sites for hydroxylation is 2. The summed E-state index contributed by atoms with van der Waals surface area (Å²) in [5.41, 5.74) is 2.56. The second-order valence-electron chi connectivity index (χ2n) is 9.40. The first-order valence-corrected chi connectivity index (χ1v) is 17.5. The van der Waals surface area contributed by atoms with Gasteiger partial charge in [-0.1, -0.05) is 58.5 Å². The molecule has 250 valence electrons. The van der Waals surface area contributed by atoms with E-state index in [9.17, 15) is 57.3 Å². The van der Waals surface area contributed by atoms with E-state index in [1.165, 1.54) is 29.3 Å². The Morgan fingerprint density at radius 3 is 1.52 bits per heavy atom. The molecule has 4 nitrogen and oxygen atoms in total. The maximum atomic E-state index is 12.2. The van der Waals surface area contributed by atoms with E-state index in [0.29, 0.717) is 0 Å². The molecule has 4 aromatic rings. The maximum absolute atomic E-state index is 12.2. The number of hydrogen-bond donors (Lipinski definition) is 0. The minimum atomic E-state index is -7.43. The number of halogens is 9. The largest absolute Gasteiger partial charge is 0.743 e. The summed E-state index contributed by atoms with van der Waals surface area (Å²) < 4.78 is 139. The minimum Gasteiger partial charge on any atom is -0.743 e. The Bertz CT molecular complexity index is 1720. The first kappa shape index (κ1) is 37.9. The Labute approximate surface area is 272 Å². The zero-order chi connectivity index (χ0) is 34.9. The van der Waals surface area contributed by atoms with Gasteiger partial charge in [0, 0.05) is 6.07 Å². The third kappa shape index (κ3) is 8.13. The van der Waals surface area contributed by atoms with E-state index in [0.717, 1.165) is 9.09 Å². The summed E-state index contributed by atoms with van der Waals surface area (Å²) in [6.07, 6.45) is -7.16. The fraction of sp³-hybridized carbons (Fsp3) is 0.250. The molecular formula is C28H21F9O4S5. The van der Waals surface area contributed by atoms with Crippen molar-refractivity contribution in [3.63, 3.8) is 0 Å². The fourth-order valence-electron chi connectivity index (χ4n) is 3.37. The predicted octanol–water partition coefficient (Wildman–Crippen LogP) is 9.83. The topological polar surface area (TPSA) is 74.3 Å². The van der Waals surface area contributed by atoms with Crippen molar-refractivity contribution in [2.45, 2.75) is 66.5 Å². The molecule has 4 rings (SSSR count). The predicted molar refractivity (Wildman–Crippen MR) is 158 cm³/mol. The summed E-state index contributed by atoms with van der Waals surface area (Å²) in [5.74, 6) is -14.7. The van der Waals surface area contributed by atoms with Crippen molar-refractivity contribution in [1.29, 1.82) is 0 Å². The van der Waals surface area contributed by atoms with Crippen LogP contribution >= 0.6 is 34.4 Å². The molecule has 2 heterocycles. The zero-order valence-corrected chi connectivity index (χ0v) is 27.6. The highest BCUT2D eigenvalue weighted by Crippen LogP contribution is 2.54. The quantitative estimate of drug-likeness (QED) is 0.0737. The molecule has 18 heteroatoms. The molecule has 2 aromatic heterocycles. The molecular weight excluding hydrogens is 732 g/mol. The van der Waals surface area contributed by atoms with Gasteiger partial charge in [0.2, 0.25) is 4.21 Å². The number of carbonyl (C=O) groups excluding carboxylic acids is 1. The van der Waals surface area contributed by atoms with Crippen LogP contribution in [0.1, 0.15) is 27.7 Å². The highest BCUT2D eigenvalue weighted by molar-refractivity contribution is 8.04. The van der Waals surface area contributed by atoms with Gasteiger partial charge in [0.15, 0.2) is 25.7 Å². The van der Waals surface area contributed by atoms with E-state index >= 15 is 0 Å². The summed E-state index contributed by atoms with van der Waals surface area (Å²) in [6.45, 7) is 5.88. The van der Waals surface area contributed by atoms with Crippen LogP contribution in [0.4, 0.5) is 39.5 Å². The van der Waals surface area contributed by atoms with Crippen LogP contribution in [0.15, 0.2) is 95.2 Å². The second kappa shape index (κ2) is 13.9. The molecule has 2 aromatic carbocycles. The van der Waals surface area contributed by atoms with Crippen molar-refractivity contribution in [2.24, 2.45) is 0 Å². The van der Waals surface area contributed by atoms with Gasteiger partial charge in [0.1, 0.15) is 10.9 Å². The lowest BCUT2D eigenvalue weighted by Crippen LogP contribution is -2.63. The van der Waals surface area contributed by atoms with Crippen molar-refractivity contribution < 1.29 is 57.3 Å². The zero-order valence-electron chi connectivity index (χ0n) is 23.5. The van der Waals surface area contributed by atoms with Gasteiger partial charge in [-0.05, 0) is 63.2 Å². The van der Waals surface area contributed by atoms with Crippen molar-refractivity contribution in [3.05, 3.63) is 88.8 Å². The third-order valence-corrected chi connectivity index (χ3v) is 12.8. The minimum absolute atomic E-state index is 0.116. The average molecular weight is 753 g/mol. The highest BCUT2D eigenvalue weighted by atomic mass is 32.2. The molecule has 0 amide bonds. The Morgan fingerprint density at radius 1 is 0.696 bits per heavy atom. The van der Waals surface area contributed by atoms with E-state index < -0.39 is 33.4 Å². The fourth-order valence-corrected chi connectivity index (χ4v) is 10.0. The van der Waals surface area contributed by atoms with Crippen molar-refractivity contribution in [1.82, 2.24) is 0 Å². The summed E-state index contributed by atoms with van der Waals surface area (Å²) in [5, 5.41) is -7.11. The van der Waals surface area contributed by atoms with Crippen LogP contribution in [0.3, 0.4) is 0 Å². The van der Waals surface area contributed by atoms with E-state index in [1.807, 2.05) is 23.5 Å². The van der Waals surface area contributed by atoms with Gasteiger partial charge in [0.05, 0.1) is 13.3 Å². The number of ketones is 1. The Balaban J connectivity index is 0.000000292. The van der Waals surface area contributed by atoms with Gasteiger partial charge >= 0.3 is 23.3 Å². The molecule has 0 radical (unpaired) electrons. The molecule has 0 spiro atoms. The van der Waals surface area contributed by atoms with Crippen LogP contribution in [0.5, 0.6) is 0 Å². The first-order chi connectivity index (χ1) is 21.0. The van der Waals surface area contributed by atoms with Crippen molar-refractivity contribution in [3.8, 4) is 0 Å². The highest BCUT2D eigenvalue weighted by Gasteiger charge is 2.83. The lowest BCUT2D eigenvalue weighted by atomic mass is 10.1. The summed E-state index contributed by atoms with van der Waals surface area (Å²) in [6, 6.07) is 26.2. The molecule has 0 aliphatic rings. The molecule has 0 fully saturated rings. The number of carbonyl (C=O) groups is 1. The van der Waals surface area contributed by atoms with E-state index in [2.05, 4.69) is 74.5 Å². The van der Waals surface area contributed by atoms with Gasteiger partial charge in [0.25, 0.3) is 0 Å². The smallest absolute Gasteiger partial charge is 0.460 e.